The Balaban J connectivity index is 1.74. The monoisotopic (exact) mass is 430 g/mol. The molecule has 1 unspecified atom stereocenters. The number of rotatable bonds is 3. The Kier molecular flexibility index (Phi) is 4.60. The van der Waals surface area contributed by atoms with Gasteiger partial charge >= 0.3 is 5.91 Å². The van der Waals surface area contributed by atoms with Crippen LogP contribution in [0.2, 0.25) is 0 Å². The van der Waals surface area contributed by atoms with Gasteiger partial charge in [-0.2, -0.15) is 0 Å². The maximum atomic E-state index is 13.6. The molecule has 1 aliphatic heterocycles. The highest BCUT2D eigenvalue weighted by Crippen LogP contribution is 2.44. The predicted octanol–water partition coefficient (Wildman–Crippen LogP) is 5.06. The van der Waals surface area contributed by atoms with Crippen molar-refractivity contribution in [1.29, 1.82) is 0 Å². The smallest absolute Gasteiger partial charge is 0.301 e. The number of ketones is 1. The fourth-order valence-corrected chi connectivity index (χ4v) is 4.70. The molecule has 1 aliphatic rings. The lowest BCUT2D eigenvalue weighted by Crippen LogP contribution is -2.29. The lowest BCUT2D eigenvalue weighted by molar-refractivity contribution is -0.132. The molecule has 1 fully saturated rings. The number of carbonyl (C=O) groups excluding carboxylic acids is 2. The van der Waals surface area contributed by atoms with Gasteiger partial charge in [0.15, 0.2) is 5.13 Å². The lowest BCUT2D eigenvalue weighted by Gasteiger charge is -2.22. The number of amides is 1. The third-order valence-corrected chi connectivity index (χ3v) is 6.20. The molecule has 1 amide bonds. The van der Waals surface area contributed by atoms with E-state index in [1.54, 1.807) is 30.3 Å². The predicted molar refractivity (Wildman–Crippen MR) is 117 cm³/mol. The first-order valence-electron chi connectivity index (χ1n) is 9.52. The molecule has 1 atom stereocenters. The van der Waals surface area contributed by atoms with Crippen molar-refractivity contribution in [2.24, 2.45) is 0 Å². The van der Waals surface area contributed by atoms with E-state index in [0.29, 0.717) is 21.8 Å². The first-order chi connectivity index (χ1) is 15.0. The first-order valence-corrected chi connectivity index (χ1v) is 10.3. The van der Waals surface area contributed by atoms with E-state index in [0.717, 1.165) is 4.70 Å². The zero-order chi connectivity index (χ0) is 21.5. The van der Waals surface area contributed by atoms with Crippen molar-refractivity contribution >= 4 is 44.1 Å². The number of hydrogen-bond acceptors (Lipinski definition) is 5. The number of fused-ring (bicyclic) bond motifs is 1. The van der Waals surface area contributed by atoms with Crippen LogP contribution in [0.3, 0.4) is 0 Å². The van der Waals surface area contributed by atoms with Crippen LogP contribution in [-0.4, -0.2) is 21.8 Å². The molecule has 2 heterocycles. The summed E-state index contributed by atoms with van der Waals surface area (Å²) in [5.74, 6) is -2.32. The molecule has 7 heteroatoms. The van der Waals surface area contributed by atoms with Crippen LogP contribution >= 0.6 is 11.3 Å². The highest BCUT2D eigenvalue weighted by molar-refractivity contribution is 7.22. The Labute approximate surface area is 180 Å². The van der Waals surface area contributed by atoms with E-state index in [1.165, 1.54) is 40.5 Å². The van der Waals surface area contributed by atoms with Gasteiger partial charge in [0.05, 0.1) is 21.8 Å². The number of para-hydroxylation sites is 1. The fraction of sp³-hybridized carbons (Fsp3) is 0.0417. The number of hydrogen-bond donors (Lipinski definition) is 1. The Morgan fingerprint density at radius 1 is 0.935 bits per heavy atom. The number of aliphatic hydroxyl groups is 1. The SMILES string of the molecule is O=C1C(=O)N(c2nc3ccccc3s2)C(c2ccc(F)cc2)C1=C(O)c1ccccc1. The highest BCUT2D eigenvalue weighted by atomic mass is 32.1. The summed E-state index contributed by atoms with van der Waals surface area (Å²) in [5.41, 5.74) is 1.56. The summed E-state index contributed by atoms with van der Waals surface area (Å²) in [5, 5.41) is 11.3. The molecular formula is C24H15FN2O3S. The molecule has 0 spiro atoms. The zero-order valence-corrected chi connectivity index (χ0v) is 16.8. The van der Waals surface area contributed by atoms with Crippen LogP contribution < -0.4 is 4.90 Å². The summed E-state index contributed by atoms with van der Waals surface area (Å²) in [4.78, 5) is 32.0. The van der Waals surface area contributed by atoms with E-state index >= 15 is 0 Å². The first kappa shape index (κ1) is 19.1. The Morgan fingerprint density at radius 2 is 1.61 bits per heavy atom. The Hall–Kier alpha value is -3.84. The van der Waals surface area contributed by atoms with Crippen molar-refractivity contribution in [3.63, 3.8) is 0 Å². The largest absolute Gasteiger partial charge is 0.507 e. The number of carbonyl (C=O) groups is 2. The highest BCUT2D eigenvalue weighted by Gasteiger charge is 2.48. The van der Waals surface area contributed by atoms with Crippen LogP contribution in [-0.2, 0) is 9.59 Å². The minimum absolute atomic E-state index is 0.0536. The van der Waals surface area contributed by atoms with Gasteiger partial charge in [-0.1, -0.05) is 65.9 Å². The molecule has 0 saturated carbocycles. The normalized spacial score (nSPS) is 18.1. The molecule has 5 rings (SSSR count). The lowest BCUT2D eigenvalue weighted by atomic mass is 9.95. The number of nitrogens with zero attached hydrogens (tertiary/aromatic N) is 2. The summed E-state index contributed by atoms with van der Waals surface area (Å²) >= 11 is 1.27. The molecular weight excluding hydrogens is 415 g/mol. The average molecular weight is 430 g/mol. The van der Waals surface area contributed by atoms with Gasteiger partial charge in [-0.15, -0.1) is 0 Å². The maximum absolute atomic E-state index is 13.6. The number of benzene rings is 3. The van der Waals surface area contributed by atoms with Crippen molar-refractivity contribution in [3.05, 3.63) is 101 Å². The minimum Gasteiger partial charge on any atom is -0.507 e. The number of Topliss-reactive ketones (excluding diaryl/α,β-unsaturated/α-hetero) is 1. The van der Waals surface area contributed by atoms with Crippen LogP contribution in [0.25, 0.3) is 16.0 Å². The van der Waals surface area contributed by atoms with Gasteiger partial charge in [-0.3, -0.25) is 14.5 Å². The molecule has 31 heavy (non-hydrogen) atoms. The minimum atomic E-state index is -0.929. The number of aromatic nitrogens is 1. The van der Waals surface area contributed by atoms with Crippen molar-refractivity contribution < 1.29 is 19.1 Å². The van der Waals surface area contributed by atoms with Crippen molar-refractivity contribution in [3.8, 4) is 0 Å². The second-order valence-corrected chi connectivity index (χ2v) is 8.06. The topological polar surface area (TPSA) is 70.5 Å². The molecule has 5 nitrogen and oxygen atoms in total. The van der Waals surface area contributed by atoms with Gasteiger partial charge in [0, 0.05) is 5.56 Å². The zero-order valence-electron chi connectivity index (χ0n) is 16.0. The second-order valence-electron chi connectivity index (χ2n) is 7.05. The second kappa shape index (κ2) is 7.45. The molecule has 0 bridgehead atoms. The molecule has 1 N–H and O–H groups in total. The van der Waals surface area contributed by atoms with E-state index in [2.05, 4.69) is 4.98 Å². The van der Waals surface area contributed by atoms with Gasteiger partial charge in [-0.05, 0) is 29.8 Å². The number of aliphatic hydroxyl groups excluding tert-OH is 1. The molecule has 1 saturated heterocycles. The molecule has 3 aromatic carbocycles. The summed E-state index contributed by atoms with van der Waals surface area (Å²) in [7, 11) is 0. The molecule has 0 radical (unpaired) electrons. The number of thiazole rings is 1. The quantitative estimate of drug-likeness (QED) is 0.280. The Bertz CT molecular complexity index is 1310. The fourth-order valence-electron chi connectivity index (χ4n) is 3.70. The van der Waals surface area contributed by atoms with Crippen LogP contribution in [0.5, 0.6) is 0 Å². The van der Waals surface area contributed by atoms with E-state index < -0.39 is 23.5 Å². The van der Waals surface area contributed by atoms with Gasteiger partial charge in [0.25, 0.3) is 5.78 Å². The van der Waals surface area contributed by atoms with E-state index in [4.69, 9.17) is 0 Å². The average Bonchev–Trinajstić information content (AvgIpc) is 3.33. The third kappa shape index (κ3) is 3.19. The van der Waals surface area contributed by atoms with Crippen molar-refractivity contribution in [2.45, 2.75) is 6.04 Å². The third-order valence-electron chi connectivity index (χ3n) is 5.17. The number of halogens is 1. The van der Waals surface area contributed by atoms with E-state index in [9.17, 15) is 19.1 Å². The molecule has 152 valence electrons. The molecule has 4 aromatic rings. The van der Waals surface area contributed by atoms with Crippen molar-refractivity contribution in [2.75, 3.05) is 4.90 Å². The van der Waals surface area contributed by atoms with Gasteiger partial charge in [-0.25, -0.2) is 9.37 Å². The maximum Gasteiger partial charge on any atom is 0.301 e. The van der Waals surface area contributed by atoms with Crippen molar-refractivity contribution in [1.82, 2.24) is 4.98 Å². The summed E-state index contributed by atoms with van der Waals surface area (Å²) in [6, 6.07) is 20.6. The summed E-state index contributed by atoms with van der Waals surface area (Å²) in [6.45, 7) is 0. The van der Waals surface area contributed by atoms with Crippen LogP contribution in [0, 0.1) is 5.82 Å². The number of anilines is 1. The van der Waals surface area contributed by atoms with E-state index in [1.807, 2.05) is 24.3 Å². The van der Waals surface area contributed by atoms with Crippen LogP contribution in [0.1, 0.15) is 17.2 Å². The van der Waals surface area contributed by atoms with Gasteiger partial charge < -0.3 is 5.11 Å². The molecule has 0 aliphatic carbocycles. The summed E-state index contributed by atoms with van der Waals surface area (Å²) in [6.07, 6.45) is 0. The molecule has 1 aromatic heterocycles. The van der Waals surface area contributed by atoms with Gasteiger partial charge in [0.1, 0.15) is 11.6 Å². The van der Waals surface area contributed by atoms with E-state index in [-0.39, 0.29) is 11.3 Å². The van der Waals surface area contributed by atoms with Crippen LogP contribution in [0.4, 0.5) is 9.52 Å². The standard InChI is InChI=1S/C24H15FN2O3S/c25-16-12-10-14(11-13-16)20-19(21(28)15-6-2-1-3-7-15)22(29)23(30)27(20)24-26-17-8-4-5-9-18(17)31-24/h1-13,20,28H. The van der Waals surface area contributed by atoms with Crippen LogP contribution in [0.15, 0.2) is 84.4 Å². The summed E-state index contributed by atoms with van der Waals surface area (Å²) < 4.78 is 14.4. The Morgan fingerprint density at radius 3 is 2.32 bits per heavy atom. The van der Waals surface area contributed by atoms with Gasteiger partial charge in [0.2, 0.25) is 0 Å².